The van der Waals surface area contributed by atoms with Crippen molar-refractivity contribution >= 4 is 35.6 Å². The predicted octanol–water partition coefficient (Wildman–Crippen LogP) is 3.90. The summed E-state index contributed by atoms with van der Waals surface area (Å²) in [5, 5.41) is 1.51. The van der Waals surface area contributed by atoms with E-state index < -0.39 is 0 Å². The number of halogens is 3. The molecule has 0 aliphatic carbocycles. The molecule has 1 aromatic rings. The number of rotatable bonds is 2. The first-order valence-corrected chi connectivity index (χ1v) is 6.78. The summed E-state index contributed by atoms with van der Waals surface area (Å²) in [6.07, 6.45) is 2.27. The summed E-state index contributed by atoms with van der Waals surface area (Å²) in [7, 11) is 0. The molecule has 18 heavy (non-hydrogen) atoms. The fourth-order valence-electron chi connectivity index (χ4n) is 2.42. The fourth-order valence-corrected chi connectivity index (χ4v) is 2.88. The van der Waals surface area contributed by atoms with Crippen molar-refractivity contribution < 1.29 is 0 Å². The monoisotopic (exact) mass is 308 g/mol. The van der Waals surface area contributed by atoms with Crippen LogP contribution in [0, 0.1) is 0 Å². The molecule has 1 aliphatic rings. The molecule has 0 bridgehead atoms. The van der Waals surface area contributed by atoms with Gasteiger partial charge >= 0.3 is 0 Å². The van der Waals surface area contributed by atoms with Crippen molar-refractivity contribution in [3.05, 3.63) is 33.8 Å². The Hall–Kier alpha value is 0.01000. The minimum absolute atomic E-state index is 0. The first-order valence-electron chi connectivity index (χ1n) is 6.02. The first-order chi connectivity index (χ1) is 8.08. The van der Waals surface area contributed by atoms with Crippen LogP contribution in [0.25, 0.3) is 0 Å². The molecule has 1 saturated heterocycles. The minimum Gasteiger partial charge on any atom is -0.327 e. The molecular formula is C13H19Cl3N2. The third kappa shape index (κ3) is 3.75. The average Bonchev–Trinajstić information content (AvgIpc) is 2.31. The van der Waals surface area contributed by atoms with Crippen molar-refractivity contribution in [2.24, 2.45) is 5.73 Å². The Morgan fingerprint density at radius 3 is 2.78 bits per heavy atom. The van der Waals surface area contributed by atoms with Crippen LogP contribution < -0.4 is 5.73 Å². The van der Waals surface area contributed by atoms with Crippen LogP contribution in [0.3, 0.4) is 0 Å². The van der Waals surface area contributed by atoms with Gasteiger partial charge in [-0.3, -0.25) is 4.90 Å². The number of benzene rings is 1. The lowest BCUT2D eigenvalue weighted by molar-refractivity contribution is 0.159. The lowest BCUT2D eigenvalue weighted by Gasteiger charge is -2.36. The van der Waals surface area contributed by atoms with Crippen LogP contribution in [0.1, 0.15) is 31.4 Å². The van der Waals surface area contributed by atoms with Gasteiger partial charge in [-0.1, -0.05) is 23.2 Å². The minimum atomic E-state index is 0. The van der Waals surface area contributed by atoms with Gasteiger partial charge < -0.3 is 5.73 Å². The Kier molecular flexibility index (Phi) is 6.22. The number of nitrogens with two attached hydrogens (primary N) is 1. The van der Waals surface area contributed by atoms with Crippen molar-refractivity contribution in [1.82, 2.24) is 4.90 Å². The molecule has 1 aromatic carbocycles. The van der Waals surface area contributed by atoms with Gasteiger partial charge in [-0.15, -0.1) is 12.4 Å². The second-order valence-corrected chi connectivity index (χ2v) is 5.58. The summed E-state index contributed by atoms with van der Waals surface area (Å²) in [5.74, 6) is 0. The molecule has 2 unspecified atom stereocenters. The summed E-state index contributed by atoms with van der Waals surface area (Å²) in [5.41, 5.74) is 7.10. The van der Waals surface area contributed by atoms with E-state index in [1.165, 1.54) is 0 Å². The van der Waals surface area contributed by atoms with Crippen molar-refractivity contribution in [3.63, 3.8) is 0 Å². The van der Waals surface area contributed by atoms with Gasteiger partial charge in [0.15, 0.2) is 0 Å². The highest BCUT2D eigenvalue weighted by Crippen LogP contribution is 2.31. The predicted molar refractivity (Wildman–Crippen MR) is 80.9 cm³/mol. The maximum atomic E-state index is 6.23. The van der Waals surface area contributed by atoms with E-state index in [0.717, 1.165) is 41.5 Å². The number of nitrogens with zero attached hydrogens (tertiary/aromatic N) is 1. The second kappa shape index (κ2) is 6.97. The third-order valence-corrected chi connectivity index (χ3v) is 4.02. The van der Waals surface area contributed by atoms with Gasteiger partial charge in [0.1, 0.15) is 0 Å². The second-order valence-electron chi connectivity index (χ2n) is 4.74. The van der Waals surface area contributed by atoms with Crippen molar-refractivity contribution in [3.8, 4) is 0 Å². The van der Waals surface area contributed by atoms with E-state index in [1.807, 2.05) is 18.2 Å². The first kappa shape index (κ1) is 16.1. The van der Waals surface area contributed by atoms with Crippen LogP contribution in [0.15, 0.2) is 18.2 Å². The molecule has 2 atom stereocenters. The van der Waals surface area contributed by atoms with Crippen LogP contribution in [-0.4, -0.2) is 24.0 Å². The summed E-state index contributed by atoms with van der Waals surface area (Å²) in [4.78, 5) is 2.38. The Morgan fingerprint density at radius 2 is 2.11 bits per heavy atom. The van der Waals surface area contributed by atoms with Crippen molar-refractivity contribution in [2.45, 2.75) is 31.8 Å². The normalized spacial score (nSPS) is 22.3. The van der Waals surface area contributed by atoms with Gasteiger partial charge in [0.2, 0.25) is 0 Å². The maximum absolute atomic E-state index is 6.23. The van der Waals surface area contributed by atoms with Crippen LogP contribution in [-0.2, 0) is 0 Å². The van der Waals surface area contributed by atoms with Crippen LogP contribution in [0.4, 0.5) is 0 Å². The van der Waals surface area contributed by atoms with E-state index in [9.17, 15) is 0 Å². The standard InChI is InChI=1S/C13H18Cl2N2.ClH/c1-9(17-6-2-3-11(16)8-17)12-7-10(14)4-5-13(12)15;/h4-5,7,9,11H,2-3,6,8,16H2,1H3;1H. The number of likely N-dealkylation sites (tertiary alicyclic amines) is 1. The molecule has 2 rings (SSSR count). The smallest absolute Gasteiger partial charge is 0.0454 e. The molecule has 1 fully saturated rings. The molecular weight excluding hydrogens is 291 g/mol. The van der Waals surface area contributed by atoms with Crippen LogP contribution >= 0.6 is 35.6 Å². The zero-order valence-corrected chi connectivity index (χ0v) is 12.7. The van der Waals surface area contributed by atoms with E-state index >= 15 is 0 Å². The molecule has 5 heteroatoms. The molecule has 0 amide bonds. The highest BCUT2D eigenvalue weighted by Gasteiger charge is 2.23. The largest absolute Gasteiger partial charge is 0.327 e. The quantitative estimate of drug-likeness (QED) is 0.898. The van der Waals surface area contributed by atoms with E-state index in [-0.39, 0.29) is 24.5 Å². The SMILES string of the molecule is CC(c1cc(Cl)ccc1Cl)N1CCCC(N)C1.Cl. The van der Waals surface area contributed by atoms with Gasteiger partial charge in [0.05, 0.1) is 0 Å². The molecule has 0 saturated carbocycles. The molecule has 2 nitrogen and oxygen atoms in total. The molecule has 2 N–H and O–H groups in total. The zero-order chi connectivity index (χ0) is 12.4. The topological polar surface area (TPSA) is 29.3 Å². The van der Waals surface area contributed by atoms with E-state index in [2.05, 4.69) is 11.8 Å². The van der Waals surface area contributed by atoms with Crippen molar-refractivity contribution in [1.29, 1.82) is 0 Å². The molecule has 0 spiro atoms. The van der Waals surface area contributed by atoms with Gasteiger partial charge in [0.25, 0.3) is 0 Å². The Bertz CT molecular complexity index is 398. The van der Waals surface area contributed by atoms with E-state index in [0.29, 0.717) is 0 Å². The number of piperidine rings is 1. The van der Waals surface area contributed by atoms with Gasteiger partial charge in [-0.25, -0.2) is 0 Å². The summed E-state index contributed by atoms with van der Waals surface area (Å²) >= 11 is 12.3. The summed E-state index contributed by atoms with van der Waals surface area (Å²) in [6.45, 7) is 4.18. The van der Waals surface area contributed by atoms with Gasteiger partial charge in [0, 0.05) is 28.7 Å². The van der Waals surface area contributed by atoms with Crippen LogP contribution in [0.5, 0.6) is 0 Å². The maximum Gasteiger partial charge on any atom is 0.0454 e. The Morgan fingerprint density at radius 1 is 1.39 bits per heavy atom. The summed E-state index contributed by atoms with van der Waals surface area (Å²) < 4.78 is 0. The Balaban J connectivity index is 0.00000162. The highest BCUT2D eigenvalue weighted by atomic mass is 35.5. The lowest BCUT2D eigenvalue weighted by Crippen LogP contribution is -2.43. The molecule has 0 aromatic heterocycles. The van der Waals surface area contributed by atoms with Crippen LogP contribution in [0.2, 0.25) is 10.0 Å². The molecule has 102 valence electrons. The van der Waals surface area contributed by atoms with Crippen molar-refractivity contribution in [2.75, 3.05) is 13.1 Å². The van der Waals surface area contributed by atoms with Gasteiger partial charge in [-0.05, 0) is 50.1 Å². The molecule has 0 radical (unpaired) electrons. The fraction of sp³-hybridized carbons (Fsp3) is 0.538. The van der Waals surface area contributed by atoms with E-state index in [1.54, 1.807) is 0 Å². The highest BCUT2D eigenvalue weighted by molar-refractivity contribution is 6.33. The Labute approximate surface area is 125 Å². The van der Waals surface area contributed by atoms with E-state index in [4.69, 9.17) is 28.9 Å². The summed E-state index contributed by atoms with van der Waals surface area (Å²) in [6, 6.07) is 6.19. The molecule has 1 heterocycles. The number of hydrogen-bond acceptors (Lipinski definition) is 2. The number of hydrogen-bond donors (Lipinski definition) is 1. The zero-order valence-electron chi connectivity index (χ0n) is 10.4. The third-order valence-electron chi connectivity index (χ3n) is 3.45. The average molecular weight is 310 g/mol. The lowest BCUT2D eigenvalue weighted by atomic mass is 10.0. The van der Waals surface area contributed by atoms with Gasteiger partial charge in [-0.2, -0.15) is 0 Å². The molecule has 1 aliphatic heterocycles.